The van der Waals surface area contributed by atoms with Crippen LogP contribution >= 0.6 is 11.3 Å². The monoisotopic (exact) mass is 317 g/mol. The summed E-state index contributed by atoms with van der Waals surface area (Å²) in [5.74, 6) is 0.885. The lowest BCUT2D eigenvalue weighted by Gasteiger charge is -2.16. The summed E-state index contributed by atoms with van der Waals surface area (Å²) in [6, 6.07) is 12.1. The molecule has 6 heteroatoms. The van der Waals surface area contributed by atoms with Crippen molar-refractivity contribution in [1.29, 1.82) is 0 Å². The molecule has 0 spiro atoms. The first-order valence-electron chi connectivity index (χ1n) is 7.36. The van der Waals surface area contributed by atoms with E-state index in [1.54, 1.807) is 6.07 Å². The van der Waals surface area contributed by atoms with E-state index in [1.165, 1.54) is 16.9 Å². The Kier molecular flexibility index (Phi) is 4.52. The van der Waals surface area contributed by atoms with Crippen molar-refractivity contribution in [2.75, 3.05) is 19.6 Å². The van der Waals surface area contributed by atoms with Gasteiger partial charge in [0.05, 0.1) is 4.92 Å². The van der Waals surface area contributed by atoms with Crippen LogP contribution in [0.5, 0.6) is 0 Å². The van der Waals surface area contributed by atoms with Crippen LogP contribution in [0.15, 0.2) is 41.8 Å². The number of thiophene rings is 1. The molecule has 0 aliphatic carbocycles. The molecule has 2 N–H and O–H groups in total. The summed E-state index contributed by atoms with van der Waals surface area (Å²) in [6.07, 6.45) is 0. The van der Waals surface area contributed by atoms with E-state index in [4.69, 9.17) is 5.73 Å². The molecule has 2 aromatic rings. The average Bonchev–Trinajstić information content (AvgIpc) is 3.15. The maximum atomic E-state index is 10.8. The Balaban J connectivity index is 1.70. The molecule has 1 saturated heterocycles. The van der Waals surface area contributed by atoms with Crippen LogP contribution in [0.3, 0.4) is 0 Å². The van der Waals surface area contributed by atoms with E-state index in [0.29, 0.717) is 18.4 Å². The molecule has 0 radical (unpaired) electrons. The van der Waals surface area contributed by atoms with Gasteiger partial charge in [-0.1, -0.05) is 41.7 Å². The normalized spacial score (nSPS) is 22.0. The molecule has 2 heterocycles. The molecular weight excluding hydrogens is 298 g/mol. The second kappa shape index (κ2) is 6.56. The fraction of sp³-hybridized carbons (Fsp3) is 0.375. The standard InChI is InChI=1S/C16H19N3O2S/c17-7-14-9-18(8-12-6-16(19(20)21)22-11-12)10-15(14)13-4-2-1-3-5-13/h1-6,11,14-15H,7-10,17H2/t14-,15+/m1/s1. The minimum atomic E-state index is -0.326. The van der Waals surface area contributed by atoms with Crippen molar-refractivity contribution in [2.24, 2.45) is 11.7 Å². The maximum absolute atomic E-state index is 10.8. The Morgan fingerprint density at radius 2 is 2.09 bits per heavy atom. The van der Waals surface area contributed by atoms with Gasteiger partial charge >= 0.3 is 5.00 Å². The van der Waals surface area contributed by atoms with Crippen molar-refractivity contribution in [2.45, 2.75) is 12.5 Å². The fourth-order valence-electron chi connectivity index (χ4n) is 3.21. The van der Waals surface area contributed by atoms with Gasteiger partial charge in [0, 0.05) is 37.0 Å². The first kappa shape index (κ1) is 15.1. The third kappa shape index (κ3) is 3.19. The van der Waals surface area contributed by atoms with E-state index in [0.717, 1.165) is 25.2 Å². The Labute approximate surface area is 133 Å². The molecule has 0 bridgehead atoms. The number of likely N-dealkylation sites (tertiary alicyclic amines) is 1. The second-order valence-electron chi connectivity index (χ2n) is 5.76. The predicted octanol–water partition coefficient (Wildman–Crippen LogP) is 2.83. The molecule has 0 saturated carbocycles. The van der Waals surface area contributed by atoms with Gasteiger partial charge in [-0.25, -0.2) is 0 Å². The molecule has 1 fully saturated rings. The lowest BCUT2D eigenvalue weighted by Crippen LogP contribution is -2.23. The highest BCUT2D eigenvalue weighted by molar-refractivity contribution is 7.13. The molecule has 116 valence electrons. The SMILES string of the molecule is NC[C@@H]1CN(Cc2csc([N+](=O)[O-])c2)C[C@H]1c1ccccc1. The zero-order chi connectivity index (χ0) is 15.5. The lowest BCUT2D eigenvalue weighted by molar-refractivity contribution is -0.380. The summed E-state index contributed by atoms with van der Waals surface area (Å²) in [6.45, 7) is 3.32. The summed E-state index contributed by atoms with van der Waals surface area (Å²) in [7, 11) is 0. The summed E-state index contributed by atoms with van der Waals surface area (Å²) >= 11 is 1.19. The number of hydrogen-bond donors (Lipinski definition) is 1. The van der Waals surface area contributed by atoms with Crippen LogP contribution in [0.1, 0.15) is 17.0 Å². The molecule has 3 rings (SSSR count). The van der Waals surface area contributed by atoms with Crippen molar-refractivity contribution >= 4 is 16.3 Å². The summed E-state index contributed by atoms with van der Waals surface area (Å²) < 4.78 is 0. The summed E-state index contributed by atoms with van der Waals surface area (Å²) in [5, 5.41) is 12.9. The zero-order valence-electron chi connectivity index (χ0n) is 12.2. The van der Waals surface area contributed by atoms with Gasteiger partial charge < -0.3 is 5.73 Å². The van der Waals surface area contributed by atoms with E-state index in [9.17, 15) is 10.1 Å². The van der Waals surface area contributed by atoms with E-state index in [1.807, 2.05) is 11.4 Å². The number of nitrogens with zero attached hydrogens (tertiary/aromatic N) is 2. The van der Waals surface area contributed by atoms with Crippen LogP contribution in [-0.2, 0) is 6.54 Å². The number of nitrogens with two attached hydrogens (primary N) is 1. The Hall–Kier alpha value is -1.76. The summed E-state index contributed by atoms with van der Waals surface area (Å²) in [4.78, 5) is 12.8. The minimum absolute atomic E-state index is 0.212. The van der Waals surface area contributed by atoms with E-state index in [-0.39, 0.29) is 9.92 Å². The van der Waals surface area contributed by atoms with Gasteiger partial charge in [-0.05, 0) is 23.6 Å². The number of benzene rings is 1. The topological polar surface area (TPSA) is 72.4 Å². The van der Waals surface area contributed by atoms with E-state index < -0.39 is 0 Å². The van der Waals surface area contributed by atoms with Crippen LogP contribution < -0.4 is 5.73 Å². The van der Waals surface area contributed by atoms with Crippen LogP contribution in [0.2, 0.25) is 0 Å². The van der Waals surface area contributed by atoms with Gasteiger partial charge in [-0.2, -0.15) is 0 Å². The Morgan fingerprint density at radius 3 is 2.73 bits per heavy atom. The van der Waals surface area contributed by atoms with Gasteiger partial charge in [0.15, 0.2) is 0 Å². The highest BCUT2D eigenvalue weighted by atomic mass is 32.1. The fourth-order valence-corrected chi connectivity index (χ4v) is 3.93. The second-order valence-corrected chi connectivity index (χ2v) is 6.65. The van der Waals surface area contributed by atoms with Gasteiger partial charge in [-0.3, -0.25) is 15.0 Å². The largest absolute Gasteiger partial charge is 0.330 e. The predicted molar refractivity (Wildman–Crippen MR) is 88.0 cm³/mol. The molecule has 0 unspecified atom stereocenters. The maximum Gasteiger partial charge on any atom is 0.324 e. The van der Waals surface area contributed by atoms with Crippen molar-refractivity contribution in [3.05, 3.63) is 63.0 Å². The van der Waals surface area contributed by atoms with Crippen molar-refractivity contribution in [3.8, 4) is 0 Å². The van der Waals surface area contributed by atoms with Gasteiger partial charge in [-0.15, -0.1) is 0 Å². The van der Waals surface area contributed by atoms with Crippen LogP contribution in [0.4, 0.5) is 5.00 Å². The smallest absolute Gasteiger partial charge is 0.324 e. The van der Waals surface area contributed by atoms with Crippen LogP contribution in [0.25, 0.3) is 0 Å². The Bertz CT molecular complexity index is 644. The first-order valence-corrected chi connectivity index (χ1v) is 8.24. The molecule has 1 aliphatic rings. The molecular formula is C16H19N3O2S. The summed E-state index contributed by atoms with van der Waals surface area (Å²) in [5.41, 5.74) is 8.29. The van der Waals surface area contributed by atoms with Crippen molar-refractivity contribution in [1.82, 2.24) is 4.90 Å². The number of rotatable bonds is 5. The van der Waals surface area contributed by atoms with Crippen molar-refractivity contribution < 1.29 is 4.92 Å². The molecule has 1 aliphatic heterocycles. The van der Waals surface area contributed by atoms with Gasteiger partial charge in [0.1, 0.15) is 0 Å². The van der Waals surface area contributed by atoms with Gasteiger partial charge in [0.25, 0.3) is 0 Å². The Morgan fingerprint density at radius 1 is 1.32 bits per heavy atom. The molecule has 0 amide bonds. The number of nitro groups is 1. The van der Waals surface area contributed by atoms with E-state index >= 15 is 0 Å². The molecule has 1 aromatic heterocycles. The van der Waals surface area contributed by atoms with E-state index in [2.05, 4.69) is 29.2 Å². The third-order valence-electron chi connectivity index (χ3n) is 4.27. The zero-order valence-corrected chi connectivity index (χ0v) is 13.0. The van der Waals surface area contributed by atoms with Crippen LogP contribution in [0, 0.1) is 16.0 Å². The molecule has 5 nitrogen and oxygen atoms in total. The quantitative estimate of drug-likeness (QED) is 0.680. The highest BCUT2D eigenvalue weighted by Gasteiger charge is 2.32. The molecule has 1 aromatic carbocycles. The molecule has 2 atom stereocenters. The van der Waals surface area contributed by atoms with Gasteiger partial charge in [0.2, 0.25) is 0 Å². The lowest BCUT2D eigenvalue weighted by atomic mass is 9.89. The number of hydrogen-bond acceptors (Lipinski definition) is 5. The average molecular weight is 317 g/mol. The van der Waals surface area contributed by atoms with Crippen molar-refractivity contribution in [3.63, 3.8) is 0 Å². The molecule has 22 heavy (non-hydrogen) atoms. The highest BCUT2D eigenvalue weighted by Crippen LogP contribution is 2.33. The minimum Gasteiger partial charge on any atom is -0.330 e. The third-order valence-corrected chi connectivity index (χ3v) is 5.20. The van der Waals surface area contributed by atoms with Crippen LogP contribution in [-0.4, -0.2) is 29.5 Å². The first-order chi connectivity index (χ1) is 10.7.